The maximum Gasteiger partial charge on any atom is 0.216 e. The lowest BCUT2D eigenvalue weighted by atomic mass is 10.1. The highest BCUT2D eigenvalue weighted by atomic mass is 32.2. The van der Waals surface area contributed by atoms with Gasteiger partial charge < -0.3 is 5.11 Å². The second kappa shape index (κ2) is 6.09. The summed E-state index contributed by atoms with van der Waals surface area (Å²) in [5.74, 6) is -0.316. The molecule has 0 aliphatic heterocycles. The van der Waals surface area contributed by atoms with Crippen molar-refractivity contribution < 1.29 is 17.9 Å². The molecule has 0 radical (unpaired) electrons. The first kappa shape index (κ1) is 14.1. The SMILES string of the molecule is CC(CO)S(=O)(=O)NCCc1ccc(F)cc1. The average Bonchev–Trinajstić information content (AvgIpc) is 2.30. The van der Waals surface area contributed by atoms with E-state index in [1.165, 1.54) is 19.1 Å². The van der Waals surface area contributed by atoms with Crippen molar-refractivity contribution in [3.05, 3.63) is 35.6 Å². The third-order valence-electron chi connectivity index (χ3n) is 2.42. The predicted molar refractivity (Wildman–Crippen MR) is 63.6 cm³/mol. The van der Waals surface area contributed by atoms with Gasteiger partial charge in [-0.25, -0.2) is 17.5 Å². The van der Waals surface area contributed by atoms with Crippen LogP contribution in [-0.2, 0) is 16.4 Å². The molecule has 1 aromatic rings. The lowest BCUT2D eigenvalue weighted by molar-refractivity contribution is 0.295. The zero-order chi connectivity index (χ0) is 12.9. The number of rotatable bonds is 6. The highest BCUT2D eigenvalue weighted by Crippen LogP contribution is 2.03. The number of hydrogen-bond donors (Lipinski definition) is 2. The first-order chi connectivity index (χ1) is 7.95. The lowest BCUT2D eigenvalue weighted by Crippen LogP contribution is -2.35. The number of benzene rings is 1. The summed E-state index contributed by atoms with van der Waals surface area (Å²) in [6.07, 6.45) is 0.484. The fourth-order valence-corrected chi connectivity index (χ4v) is 2.10. The van der Waals surface area contributed by atoms with Crippen LogP contribution in [0, 0.1) is 5.82 Å². The highest BCUT2D eigenvalue weighted by molar-refractivity contribution is 7.90. The Balaban J connectivity index is 2.45. The number of aliphatic hydroxyl groups excluding tert-OH is 1. The van der Waals surface area contributed by atoms with E-state index < -0.39 is 21.9 Å². The molecule has 0 saturated carbocycles. The Morgan fingerprint density at radius 2 is 1.94 bits per heavy atom. The minimum absolute atomic E-state index is 0.234. The molecule has 4 nitrogen and oxygen atoms in total. The molecule has 0 bridgehead atoms. The summed E-state index contributed by atoms with van der Waals surface area (Å²) in [4.78, 5) is 0. The normalized spacial score (nSPS) is 13.6. The number of sulfonamides is 1. The molecule has 1 aromatic carbocycles. The van der Waals surface area contributed by atoms with E-state index in [4.69, 9.17) is 5.11 Å². The van der Waals surface area contributed by atoms with Gasteiger partial charge in [0, 0.05) is 6.54 Å². The summed E-state index contributed by atoms with van der Waals surface area (Å²) in [7, 11) is -3.46. The van der Waals surface area contributed by atoms with Crippen LogP contribution in [0.15, 0.2) is 24.3 Å². The first-order valence-corrected chi connectivity index (χ1v) is 6.84. The van der Waals surface area contributed by atoms with Crippen molar-refractivity contribution in [2.24, 2.45) is 0 Å². The van der Waals surface area contributed by atoms with Crippen molar-refractivity contribution >= 4 is 10.0 Å². The lowest BCUT2D eigenvalue weighted by Gasteiger charge is -2.11. The van der Waals surface area contributed by atoms with E-state index in [2.05, 4.69) is 4.72 Å². The summed E-state index contributed by atoms with van der Waals surface area (Å²) >= 11 is 0. The summed E-state index contributed by atoms with van der Waals surface area (Å²) in [5.41, 5.74) is 0.853. The molecule has 0 heterocycles. The Kier molecular flexibility index (Phi) is 5.04. The zero-order valence-corrected chi connectivity index (χ0v) is 10.4. The minimum atomic E-state index is -3.46. The third kappa shape index (κ3) is 4.41. The van der Waals surface area contributed by atoms with Crippen molar-refractivity contribution in [1.82, 2.24) is 4.72 Å². The Labute approximate surface area is 101 Å². The minimum Gasteiger partial charge on any atom is -0.395 e. The van der Waals surface area contributed by atoms with E-state index >= 15 is 0 Å². The molecular weight excluding hydrogens is 245 g/mol. The molecule has 17 heavy (non-hydrogen) atoms. The van der Waals surface area contributed by atoms with Gasteiger partial charge in [-0.1, -0.05) is 12.1 Å². The van der Waals surface area contributed by atoms with Crippen LogP contribution in [-0.4, -0.2) is 31.9 Å². The van der Waals surface area contributed by atoms with Crippen LogP contribution in [0.2, 0.25) is 0 Å². The molecule has 0 aliphatic rings. The first-order valence-electron chi connectivity index (χ1n) is 5.29. The number of halogens is 1. The standard InChI is InChI=1S/C11H16FNO3S/c1-9(8-14)17(15,16)13-7-6-10-2-4-11(12)5-3-10/h2-5,9,13-14H,6-8H2,1H3. The van der Waals surface area contributed by atoms with Crippen LogP contribution >= 0.6 is 0 Å². The van der Waals surface area contributed by atoms with Gasteiger partial charge in [0.25, 0.3) is 0 Å². The van der Waals surface area contributed by atoms with Gasteiger partial charge in [0.1, 0.15) is 5.82 Å². The van der Waals surface area contributed by atoms with E-state index in [0.29, 0.717) is 6.42 Å². The van der Waals surface area contributed by atoms with Crippen molar-refractivity contribution in [2.45, 2.75) is 18.6 Å². The van der Waals surface area contributed by atoms with Gasteiger partial charge in [0.15, 0.2) is 0 Å². The van der Waals surface area contributed by atoms with Crippen molar-refractivity contribution in [3.8, 4) is 0 Å². The van der Waals surface area contributed by atoms with Crippen LogP contribution in [0.25, 0.3) is 0 Å². The summed E-state index contributed by atoms with van der Waals surface area (Å²) in [6.45, 7) is 1.25. The smallest absolute Gasteiger partial charge is 0.216 e. The Bertz CT molecular complexity index is 444. The van der Waals surface area contributed by atoms with Gasteiger partial charge in [-0.3, -0.25) is 0 Å². The van der Waals surface area contributed by atoms with E-state index in [1.807, 2.05) is 0 Å². The van der Waals surface area contributed by atoms with Gasteiger partial charge >= 0.3 is 0 Å². The van der Waals surface area contributed by atoms with Crippen molar-refractivity contribution in [3.63, 3.8) is 0 Å². The van der Waals surface area contributed by atoms with Crippen LogP contribution in [0.3, 0.4) is 0 Å². The maximum absolute atomic E-state index is 12.6. The molecular formula is C11H16FNO3S. The van der Waals surface area contributed by atoms with Crippen LogP contribution in [0.1, 0.15) is 12.5 Å². The Morgan fingerprint density at radius 1 is 1.35 bits per heavy atom. The number of nitrogens with one attached hydrogen (secondary N) is 1. The molecule has 96 valence electrons. The number of hydrogen-bond acceptors (Lipinski definition) is 3. The second-order valence-corrected chi connectivity index (χ2v) is 5.99. The Hall–Kier alpha value is -0.980. The molecule has 0 spiro atoms. The fraction of sp³-hybridized carbons (Fsp3) is 0.455. The van der Waals surface area contributed by atoms with Gasteiger partial charge in [0.2, 0.25) is 10.0 Å². The zero-order valence-electron chi connectivity index (χ0n) is 9.56. The topological polar surface area (TPSA) is 66.4 Å². The summed E-state index contributed by atoms with van der Waals surface area (Å²) < 4.78 is 38.0. The van der Waals surface area contributed by atoms with Crippen molar-refractivity contribution in [2.75, 3.05) is 13.2 Å². The maximum atomic E-state index is 12.6. The summed E-state index contributed by atoms with van der Waals surface area (Å²) in [5, 5.41) is 7.93. The second-order valence-electron chi connectivity index (χ2n) is 3.81. The van der Waals surface area contributed by atoms with Gasteiger partial charge in [-0.2, -0.15) is 0 Å². The van der Waals surface area contributed by atoms with Crippen molar-refractivity contribution in [1.29, 1.82) is 0 Å². The molecule has 6 heteroatoms. The van der Waals surface area contributed by atoms with E-state index in [1.54, 1.807) is 12.1 Å². The van der Waals surface area contributed by atoms with Gasteiger partial charge in [-0.15, -0.1) is 0 Å². The fourth-order valence-electron chi connectivity index (χ4n) is 1.23. The molecule has 1 rings (SSSR count). The van der Waals surface area contributed by atoms with Gasteiger partial charge in [0.05, 0.1) is 11.9 Å². The van der Waals surface area contributed by atoms with Crippen LogP contribution in [0.5, 0.6) is 0 Å². The molecule has 2 N–H and O–H groups in total. The third-order valence-corrected chi connectivity index (χ3v) is 4.23. The Morgan fingerprint density at radius 3 is 2.47 bits per heavy atom. The molecule has 1 atom stereocenters. The number of aliphatic hydroxyl groups is 1. The predicted octanol–water partition coefficient (Wildman–Crippen LogP) is 0.668. The van der Waals surface area contributed by atoms with Gasteiger partial charge in [-0.05, 0) is 31.0 Å². The quantitative estimate of drug-likeness (QED) is 0.791. The largest absolute Gasteiger partial charge is 0.395 e. The average molecular weight is 261 g/mol. The highest BCUT2D eigenvalue weighted by Gasteiger charge is 2.18. The molecule has 0 aromatic heterocycles. The van der Waals surface area contributed by atoms with Crippen LogP contribution in [0.4, 0.5) is 4.39 Å². The van der Waals surface area contributed by atoms with E-state index in [0.717, 1.165) is 5.56 Å². The molecule has 1 unspecified atom stereocenters. The molecule has 0 saturated heterocycles. The molecule has 0 fully saturated rings. The van der Waals surface area contributed by atoms with Crippen LogP contribution < -0.4 is 4.72 Å². The summed E-state index contributed by atoms with van der Waals surface area (Å²) in [6, 6.07) is 5.89. The molecule has 0 aliphatic carbocycles. The monoisotopic (exact) mass is 261 g/mol. The van der Waals surface area contributed by atoms with E-state index in [9.17, 15) is 12.8 Å². The van der Waals surface area contributed by atoms with E-state index in [-0.39, 0.29) is 12.4 Å². The molecule has 0 amide bonds.